The van der Waals surface area contributed by atoms with E-state index in [4.69, 9.17) is 10.7 Å². The zero-order valence-corrected chi connectivity index (χ0v) is 23.6. The lowest BCUT2D eigenvalue weighted by atomic mass is 9.81. The molecule has 3 N–H and O–H groups in total. The van der Waals surface area contributed by atoms with Crippen LogP contribution >= 0.6 is 11.3 Å². The predicted molar refractivity (Wildman–Crippen MR) is 153 cm³/mol. The van der Waals surface area contributed by atoms with Gasteiger partial charge in [-0.05, 0) is 87.5 Å². The van der Waals surface area contributed by atoms with Gasteiger partial charge < -0.3 is 20.9 Å². The van der Waals surface area contributed by atoms with Gasteiger partial charge in [0.25, 0.3) is 0 Å². The lowest BCUT2D eigenvalue weighted by Crippen LogP contribution is -2.46. The van der Waals surface area contributed by atoms with Crippen LogP contribution in [0.1, 0.15) is 68.6 Å². The number of carbonyl (C=O) groups excluding carboxylic acids is 2. The van der Waals surface area contributed by atoms with Crippen molar-refractivity contribution < 1.29 is 9.59 Å². The SMILES string of the molecule is CCc1cc(NC(=O)C(=O)N2C[C@@H](C)CC[C@@H]2c2ccc3sc(C4(C)CCN(C)CC4)nc3c2)cnc1N. The first-order valence-electron chi connectivity index (χ1n) is 13.6. The van der Waals surface area contributed by atoms with Gasteiger partial charge in [0.05, 0.1) is 33.2 Å². The Hall–Kier alpha value is -3.04. The molecule has 0 saturated carbocycles. The average molecular weight is 535 g/mol. The maximum atomic E-state index is 13.4. The van der Waals surface area contributed by atoms with Gasteiger partial charge in [-0.2, -0.15) is 0 Å². The number of hydrogen-bond acceptors (Lipinski definition) is 7. The van der Waals surface area contributed by atoms with Crippen LogP contribution < -0.4 is 11.1 Å². The zero-order valence-electron chi connectivity index (χ0n) is 22.8. The van der Waals surface area contributed by atoms with Gasteiger partial charge in [0.2, 0.25) is 0 Å². The molecule has 0 bridgehead atoms. The van der Waals surface area contributed by atoms with E-state index in [1.807, 2.05) is 6.92 Å². The maximum absolute atomic E-state index is 13.4. The summed E-state index contributed by atoms with van der Waals surface area (Å²) in [6.07, 6.45) is 6.22. The monoisotopic (exact) mass is 534 g/mol. The summed E-state index contributed by atoms with van der Waals surface area (Å²) < 4.78 is 1.17. The third kappa shape index (κ3) is 5.27. The lowest BCUT2D eigenvalue weighted by Gasteiger charge is -2.38. The number of nitrogen functional groups attached to an aromatic ring is 1. The molecular weight excluding hydrogens is 496 g/mol. The van der Waals surface area contributed by atoms with E-state index in [9.17, 15) is 9.59 Å². The molecule has 38 heavy (non-hydrogen) atoms. The first-order valence-corrected chi connectivity index (χ1v) is 14.4. The number of hydrogen-bond donors (Lipinski definition) is 2. The number of pyridine rings is 1. The third-order valence-corrected chi connectivity index (χ3v) is 9.66. The van der Waals surface area contributed by atoms with Gasteiger partial charge in [0.15, 0.2) is 0 Å². The topological polar surface area (TPSA) is 104 Å². The Kier molecular flexibility index (Phi) is 7.42. The van der Waals surface area contributed by atoms with Crippen LogP contribution in [0.25, 0.3) is 10.2 Å². The summed E-state index contributed by atoms with van der Waals surface area (Å²) in [6, 6.07) is 8.00. The Labute approximate surface area is 228 Å². The van der Waals surface area contributed by atoms with Crippen molar-refractivity contribution in [2.24, 2.45) is 5.92 Å². The highest BCUT2D eigenvalue weighted by Gasteiger charge is 2.36. The van der Waals surface area contributed by atoms with E-state index < -0.39 is 11.8 Å². The van der Waals surface area contributed by atoms with Gasteiger partial charge >= 0.3 is 11.8 Å². The highest BCUT2D eigenvalue weighted by Crippen LogP contribution is 2.40. The van der Waals surface area contributed by atoms with Gasteiger partial charge in [0, 0.05) is 12.0 Å². The van der Waals surface area contributed by atoms with Crippen LogP contribution in [-0.4, -0.2) is 58.3 Å². The van der Waals surface area contributed by atoms with E-state index in [1.54, 1.807) is 22.3 Å². The van der Waals surface area contributed by atoms with E-state index in [0.717, 1.165) is 55.4 Å². The Morgan fingerprint density at radius 3 is 2.71 bits per heavy atom. The molecule has 2 saturated heterocycles. The number of carbonyl (C=O) groups is 2. The summed E-state index contributed by atoms with van der Waals surface area (Å²) in [5.41, 5.74) is 9.34. The molecule has 2 aliphatic rings. The van der Waals surface area contributed by atoms with Crippen molar-refractivity contribution in [1.29, 1.82) is 0 Å². The Bertz CT molecular complexity index is 1350. The quantitative estimate of drug-likeness (QED) is 0.468. The first kappa shape index (κ1) is 26.6. The molecule has 2 aromatic heterocycles. The molecule has 9 heteroatoms. The molecule has 0 spiro atoms. The standard InChI is InChI=1S/C29H38N6O2S/c1-5-19-14-21(16-31-25(19)30)32-26(36)27(37)35-17-18(2)6-8-23(35)20-7-9-24-22(15-20)33-28(38-24)29(3)10-12-34(4)13-11-29/h7,9,14-16,18,23H,5-6,8,10-13,17H2,1-4H3,(H2,30,31)(H,32,36)/t18-,23+/m0/s1. The number of rotatable bonds is 4. The fraction of sp³-hybridized carbons (Fsp3) is 0.517. The summed E-state index contributed by atoms with van der Waals surface area (Å²) in [4.78, 5) is 39.9. The number of likely N-dealkylation sites (tertiary alicyclic amines) is 2. The highest BCUT2D eigenvalue weighted by molar-refractivity contribution is 7.18. The Balaban J connectivity index is 1.38. The molecule has 1 aromatic carbocycles. The number of piperidine rings is 2. The molecule has 202 valence electrons. The normalized spacial score (nSPS) is 21.9. The summed E-state index contributed by atoms with van der Waals surface area (Å²) in [6.45, 7) is 9.15. The highest BCUT2D eigenvalue weighted by atomic mass is 32.1. The summed E-state index contributed by atoms with van der Waals surface area (Å²) in [5.74, 6) is -0.404. The minimum atomic E-state index is -0.648. The summed E-state index contributed by atoms with van der Waals surface area (Å²) in [7, 11) is 2.18. The number of nitrogens with zero attached hydrogens (tertiary/aromatic N) is 4. The van der Waals surface area contributed by atoms with E-state index >= 15 is 0 Å². The number of benzene rings is 1. The Morgan fingerprint density at radius 1 is 1.21 bits per heavy atom. The maximum Gasteiger partial charge on any atom is 0.313 e. The van der Waals surface area contributed by atoms with Crippen molar-refractivity contribution in [3.05, 3.63) is 46.6 Å². The number of fused-ring (bicyclic) bond motifs is 1. The van der Waals surface area contributed by atoms with Crippen molar-refractivity contribution in [2.45, 2.75) is 64.3 Å². The summed E-state index contributed by atoms with van der Waals surface area (Å²) >= 11 is 1.79. The number of aryl methyl sites for hydroxylation is 1. The molecular formula is C29H38N6O2S. The van der Waals surface area contributed by atoms with Gasteiger partial charge in [-0.1, -0.05) is 26.8 Å². The second-order valence-electron chi connectivity index (χ2n) is 11.3. The van der Waals surface area contributed by atoms with Crippen LogP contribution in [-0.2, 0) is 21.4 Å². The van der Waals surface area contributed by atoms with Crippen LogP contribution in [0.15, 0.2) is 30.5 Å². The molecule has 2 atom stereocenters. The second-order valence-corrected chi connectivity index (χ2v) is 12.4. The van der Waals surface area contributed by atoms with Gasteiger partial charge in [-0.15, -0.1) is 11.3 Å². The van der Waals surface area contributed by atoms with Crippen molar-refractivity contribution in [3.8, 4) is 0 Å². The van der Waals surface area contributed by atoms with E-state index in [2.05, 4.69) is 54.3 Å². The van der Waals surface area contributed by atoms with Crippen LogP contribution in [0.4, 0.5) is 11.5 Å². The van der Waals surface area contributed by atoms with Crippen LogP contribution in [0, 0.1) is 5.92 Å². The molecule has 4 heterocycles. The van der Waals surface area contributed by atoms with Gasteiger partial charge in [-0.25, -0.2) is 9.97 Å². The number of amides is 2. The van der Waals surface area contributed by atoms with Crippen LogP contribution in [0.5, 0.6) is 0 Å². The fourth-order valence-corrected chi connectivity index (χ4v) is 6.79. The Morgan fingerprint density at radius 2 is 1.97 bits per heavy atom. The third-order valence-electron chi connectivity index (χ3n) is 8.32. The minimum absolute atomic E-state index is 0.103. The molecule has 2 fully saturated rings. The molecule has 0 aliphatic carbocycles. The van der Waals surface area contributed by atoms with Crippen molar-refractivity contribution >= 4 is 44.9 Å². The number of anilines is 2. The van der Waals surface area contributed by atoms with Gasteiger partial charge in [-0.3, -0.25) is 9.59 Å². The van der Waals surface area contributed by atoms with Crippen molar-refractivity contribution in [1.82, 2.24) is 19.8 Å². The molecule has 8 nitrogen and oxygen atoms in total. The number of aromatic nitrogens is 2. The van der Waals surface area contributed by atoms with E-state index in [0.29, 0.717) is 30.4 Å². The zero-order chi connectivity index (χ0) is 27.0. The minimum Gasteiger partial charge on any atom is -0.383 e. The smallest absolute Gasteiger partial charge is 0.313 e. The second kappa shape index (κ2) is 10.6. The van der Waals surface area contributed by atoms with Crippen LogP contribution in [0.2, 0.25) is 0 Å². The van der Waals surface area contributed by atoms with E-state index in [1.165, 1.54) is 15.9 Å². The van der Waals surface area contributed by atoms with Gasteiger partial charge in [0.1, 0.15) is 5.82 Å². The first-order chi connectivity index (χ1) is 18.2. The number of nitrogens with one attached hydrogen (secondary N) is 1. The predicted octanol–water partition coefficient (Wildman–Crippen LogP) is 4.76. The summed E-state index contributed by atoms with van der Waals surface area (Å²) in [5, 5.41) is 3.94. The number of thiazole rings is 1. The van der Waals surface area contributed by atoms with Crippen LogP contribution in [0.3, 0.4) is 0 Å². The average Bonchev–Trinajstić information content (AvgIpc) is 3.35. The molecule has 5 rings (SSSR count). The fourth-order valence-electron chi connectivity index (χ4n) is 5.65. The molecule has 0 unspecified atom stereocenters. The lowest BCUT2D eigenvalue weighted by molar-refractivity contribution is -0.146. The van der Waals surface area contributed by atoms with Crippen molar-refractivity contribution in [2.75, 3.05) is 37.7 Å². The van der Waals surface area contributed by atoms with Crippen molar-refractivity contribution in [3.63, 3.8) is 0 Å². The number of nitrogens with two attached hydrogens (primary N) is 1. The molecule has 2 aliphatic heterocycles. The molecule has 0 radical (unpaired) electrons. The molecule has 3 aromatic rings. The molecule has 2 amide bonds. The largest absolute Gasteiger partial charge is 0.383 e. The van der Waals surface area contributed by atoms with E-state index in [-0.39, 0.29) is 11.5 Å².